The number of rotatable bonds is 1. The van der Waals surface area contributed by atoms with Crippen LogP contribution in [0.1, 0.15) is 5.56 Å². The van der Waals surface area contributed by atoms with Gasteiger partial charge in [-0.2, -0.15) is 0 Å². The Labute approximate surface area is 70.4 Å². The SMILES string of the molecule is Cc1cccc[c]1[Al]([CH3])[Cl]. The molecule has 0 unspecified atom stereocenters. The normalized spacial score (nSPS) is 9.50. The zero-order valence-electron chi connectivity index (χ0n) is 6.26. The Morgan fingerprint density at radius 2 is 1.90 bits per heavy atom. The first-order chi connectivity index (χ1) is 4.72. The summed E-state index contributed by atoms with van der Waals surface area (Å²) in [6.45, 7) is 2.11. The molecule has 1 aromatic carbocycles. The molecule has 0 aromatic heterocycles. The van der Waals surface area contributed by atoms with Gasteiger partial charge in [0.2, 0.25) is 0 Å². The number of hydrogen-bond acceptors (Lipinski definition) is 0. The molecule has 1 rings (SSSR count). The summed E-state index contributed by atoms with van der Waals surface area (Å²) >= 11 is -1.10. The van der Waals surface area contributed by atoms with Crippen LogP contribution in [-0.4, -0.2) is 13.2 Å². The number of aryl methyl sites for hydroxylation is 1. The Bertz CT molecular complexity index is 220. The highest BCUT2D eigenvalue weighted by Crippen LogP contribution is 1.98. The first kappa shape index (κ1) is 8.14. The third-order valence-electron chi connectivity index (χ3n) is 1.62. The van der Waals surface area contributed by atoms with E-state index in [2.05, 4.69) is 24.8 Å². The van der Waals surface area contributed by atoms with Crippen molar-refractivity contribution >= 4 is 27.7 Å². The maximum Gasteiger partial charge on any atom is 0.434 e. The van der Waals surface area contributed by atoms with Crippen LogP contribution in [0.3, 0.4) is 0 Å². The molecular weight excluding hydrogens is 159 g/mol. The van der Waals surface area contributed by atoms with Gasteiger partial charge in [0, 0.05) is 0 Å². The van der Waals surface area contributed by atoms with Crippen molar-refractivity contribution in [2.45, 2.75) is 12.7 Å². The highest BCUT2D eigenvalue weighted by Gasteiger charge is 2.10. The van der Waals surface area contributed by atoms with Crippen LogP contribution < -0.4 is 4.43 Å². The summed E-state index contributed by atoms with van der Waals surface area (Å²) in [4.78, 5) is 0. The van der Waals surface area contributed by atoms with Crippen LogP contribution in [0.5, 0.6) is 0 Å². The third-order valence-corrected chi connectivity index (χ3v) is 3.83. The topological polar surface area (TPSA) is 0 Å². The molecule has 0 nitrogen and oxygen atoms in total. The van der Waals surface area contributed by atoms with Crippen molar-refractivity contribution in [3.05, 3.63) is 29.8 Å². The average molecular weight is 169 g/mol. The van der Waals surface area contributed by atoms with Crippen molar-refractivity contribution in [1.82, 2.24) is 0 Å². The van der Waals surface area contributed by atoms with E-state index in [1.807, 2.05) is 12.1 Å². The smallest absolute Gasteiger partial charge is 0.254 e. The minimum Gasteiger partial charge on any atom is -0.254 e. The summed E-state index contributed by atoms with van der Waals surface area (Å²) in [5.74, 6) is 2.13. The fourth-order valence-corrected chi connectivity index (χ4v) is 2.87. The van der Waals surface area contributed by atoms with E-state index >= 15 is 0 Å². The zero-order chi connectivity index (χ0) is 7.56. The van der Waals surface area contributed by atoms with Crippen molar-refractivity contribution < 1.29 is 0 Å². The zero-order valence-corrected chi connectivity index (χ0v) is 8.18. The average Bonchev–Trinajstić information content (AvgIpc) is 1.88. The first-order valence-corrected chi connectivity index (χ1v) is 6.89. The predicted molar refractivity (Wildman–Crippen MR) is 48.3 cm³/mol. The fourth-order valence-electron chi connectivity index (χ4n) is 1.03. The van der Waals surface area contributed by atoms with Gasteiger partial charge in [0.1, 0.15) is 0 Å². The van der Waals surface area contributed by atoms with Gasteiger partial charge < -0.3 is 0 Å². The van der Waals surface area contributed by atoms with Gasteiger partial charge >= 0.3 is 13.2 Å². The van der Waals surface area contributed by atoms with Crippen molar-refractivity contribution in [3.63, 3.8) is 0 Å². The molecule has 0 atom stereocenters. The van der Waals surface area contributed by atoms with E-state index in [1.165, 1.54) is 9.99 Å². The Hall–Kier alpha value is 0.0425. The second kappa shape index (κ2) is 3.44. The molecule has 0 saturated carbocycles. The summed E-state index contributed by atoms with van der Waals surface area (Å²) in [5.41, 5.74) is 1.33. The molecule has 0 aliphatic heterocycles. The minimum atomic E-state index is -1.10. The van der Waals surface area contributed by atoms with Crippen LogP contribution >= 0.6 is 10.0 Å². The summed E-state index contributed by atoms with van der Waals surface area (Å²) in [6, 6.07) is 8.33. The first-order valence-electron chi connectivity index (χ1n) is 3.41. The quantitative estimate of drug-likeness (QED) is 0.564. The van der Waals surface area contributed by atoms with Crippen LogP contribution in [0.25, 0.3) is 0 Å². The van der Waals surface area contributed by atoms with E-state index in [-0.39, 0.29) is 0 Å². The fraction of sp³-hybridized carbons (Fsp3) is 0.250. The van der Waals surface area contributed by atoms with Gasteiger partial charge in [-0.05, 0) is 6.92 Å². The molecule has 0 aliphatic carbocycles. The molecular formula is C8H10AlCl. The van der Waals surface area contributed by atoms with E-state index in [4.69, 9.17) is 10.0 Å². The van der Waals surface area contributed by atoms with Gasteiger partial charge in [-0.25, -0.2) is 0 Å². The maximum absolute atomic E-state index is 6.05. The summed E-state index contributed by atoms with van der Waals surface area (Å²) in [6.07, 6.45) is 0. The molecule has 0 amide bonds. The molecule has 52 valence electrons. The number of benzene rings is 1. The lowest BCUT2D eigenvalue weighted by Gasteiger charge is -2.01. The third kappa shape index (κ3) is 1.76. The van der Waals surface area contributed by atoms with Crippen molar-refractivity contribution in [2.24, 2.45) is 0 Å². The van der Waals surface area contributed by atoms with Crippen LogP contribution in [0.4, 0.5) is 0 Å². The highest BCUT2D eigenvalue weighted by molar-refractivity contribution is 7.13. The van der Waals surface area contributed by atoms with Crippen LogP contribution in [-0.2, 0) is 0 Å². The Kier molecular flexibility index (Phi) is 2.80. The van der Waals surface area contributed by atoms with Gasteiger partial charge in [-0.1, -0.05) is 40.0 Å². The summed E-state index contributed by atoms with van der Waals surface area (Å²) in [5, 5.41) is 0. The lowest BCUT2D eigenvalue weighted by atomic mass is 10.2. The molecule has 10 heavy (non-hydrogen) atoms. The Balaban J connectivity index is 3.03. The van der Waals surface area contributed by atoms with Crippen molar-refractivity contribution in [1.29, 1.82) is 0 Å². The predicted octanol–water partition coefficient (Wildman–Crippen LogP) is 2.06. The van der Waals surface area contributed by atoms with E-state index in [0.29, 0.717) is 0 Å². The minimum absolute atomic E-state index is 1.10. The van der Waals surface area contributed by atoms with Crippen LogP contribution in [0.2, 0.25) is 5.79 Å². The summed E-state index contributed by atoms with van der Waals surface area (Å²) in [7, 11) is 6.05. The van der Waals surface area contributed by atoms with Gasteiger partial charge in [0.15, 0.2) is 0 Å². The van der Waals surface area contributed by atoms with Gasteiger partial charge in [-0.15, -0.1) is 0 Å². The molecule has 1 aromatic rings. The highest BCUT2D eigenvalue weighted by atomic mass is 35.6. The Morgan fingerprint density at radius 3 is 2.30 bits per heavy atom. The summed E-state index contributed by atoms with van der Waals surface area (Å²) < 4.78 is 1.36. The van der Waals surface area contributed by atoms with Crippen LogP contribution in [0, 0.1) is 6.92 Å². The van der Waals surface area contributed by atoms with E-state index < -0.39 is 13.2 Å². The number of halogens is 1. The van der Waals surface area contributed by atoms with E-state index in [9.17, 15) is 0 Å². The van der Waals surface area contributed by atoms with Gasteiger partial charge in [-0.3, -0.25) is 10.0 Å². The number of hydrogen-bond donors (Lipinski definition) is 0. The van der Waals surface area contributed by atoms with E-state index in [1.54, 1.807) is 0 Å². The van der Waals surface area contributed by atoms with Gasteiger partial charge in [0.25, 0.3) is 0 Å². The van der Waals surface area contributed by atoms with E-state index in [0.717, 1.165) is 0 Å². The second-order valence-corrected chi connectivity index (χ2v) is 6.29. The molecule has 0 fully saturated rings. The molecule has 0 aliphatic rings. The van der Waals surface area contributed by atoms with Gasteiger partial charge in [0.05, 0.1) is 0 Å². The molecule has 0 N–H and O–H groups in total. The second-order valence-electron chi connectivity index (χ2n) is 2.47. The molecule has 0 radical (unpaired) electrons. The lowest BCUT2D eigenvalue weighted by molar-refractivity contribution is 1.51. The molecule has 2 heteroatoms. The van der Waals surface area contributed by atoms with Crippen molar-refractivity contribution in [3.8, 4) is 0 Å². The standard InChI is InChI=1S/C7H7.CH3.Al.ClH/c1-7-5-3-2-4-6-7;;;/h2-5H,1H3;1H3;;1H/q;;+1;/p-1. The lowest BCUT2D eigenvalue weighted by Crippen LogP contribution is -2.22. The van der Waals surface area contributed by atoms with Crippen molar-refractivity contribution in [2.75, 3.05) is 0 Å². The largest absolute Gasteiger partial charge is 0.434 e. The molecule has 0 bridgehead atoms. The maximum atomic E-state index is 6.05. The molecule has 0 heterocycles. The molecule has 0 saturated heterocycles. The van der Waals surface area contributed by atoms with Crippen LogP contribution in [0.15, 0.2) is 24.3 Å². The monoisotopic (exact) mass is 168 g/mol. The Morgan fingerprint density at radius 1 is 1.30 bits per heavy atom. The molecule has 0 spiro atoms.